The first-order valence-electron chi connectivity index (χ1n) is 7.92. The number of alkyl halides is 3. The van der Waals surface area contributed by atoms with E-state index >= 15 is 0 Å². The first kappa shape index (κ1) is 19.0. The number of fused-ring (bicyclic) bond motifs is 1. The summed E-state index contributed by atoms with van der Waals surface area (Å²) in [6.45, 7) is 3.53. The summed E-state index contributed by atoms with van der Waals surface area (Å²) >= 11 is 1.04. The highest BCUT2D eigenvalue weighted by atomic mass is 32.1. The predicted molar refractivity (Wildman–Crippen MR) is 93.0 cm³/mol. The number of aromatic nitrogens is 3. The molecular weight excluding hydrogens is 383 g/mol. The van der Waals surface area contributed by atoms with Gasteiger partial charge in [-0.15, -0.1) is 11.3 Å². The maximum absolute atomic E-state index is 12.6. The molecule has 0 unspecified atom stereocenters. The SMILES string of the molecule is CCOC(=O)c1sc2nc(Cc3ccc(C(F)(F)F)cn3)[nH]c(=O)c2c1C. The molecule has 27 heavy (non-hydrogen) atoms. The van der Waals surface area contributed by atoms with E-state index < -0.39 is 23.3 Å². The summed E-state index contributed by atoms with van der Waals surface area (Å²) in [5, 5.41) is 0.298. The Morgan fingerprint density at radius 2 is 2.07 bits per heavy atom. The zero-order chi connectivity index (χ0) is 19.8. The molecule has 0 saturated carbocycles. The number of ether oxygens (including phenoxy) is 1. The molecule has 142 valence electrons. The number of aromatic amines is 1. The van der Waals surface area contributed by atoms with Crippen molar-refractivity contribution in [1.29, 1.82) is 0 Å². The topological polar surface area (TPSA) is 84.9 Å². The Labute approximate surface area is 155 Å². The molecule has 0 radical (unpaired) electrons. The molecule has 0 amide bonds. The number of hydrogen-bond donors (Lipinski definition) is 1. The number of hydrogen-bond acceptors (Lipinski definition) is 6. The van der Waals surface area contributed by atoms with E-state index in [0.717, 1.165) is 23.6 Å². The molecule has 3 heterocycles. The number of nitrogens with one attached hydrogen (secondary N) is 1. The average Bonchev–Trinajstić information content (AvgIpc) is 2.92. The van der Waals surface area contributed by atoms with Crippen LogP contribution < -0.4 is 5.56 Å². The molecule has 0 aliphatic heterocycles. The Balaban J connectivity index is 1.94. The quantitative estimate of drug-likeness (QED) is 0.682. The molecule has 1 N–H and O–H groups in total. The molecular formula is C17H14F3N3O3S. The number of thiophene rings is 1. The number of H-pyrrole nitrogens is 1. The van der Waals surface area contributed by atoms with E-state index in [0.29, 0.717) is 26.4 Å². The Kier molecular flexibility index (Phi) is 5.01. The summed E-state index contributed by atoms with van der Waals surface area (Å²) < 4.78 is 42.8. The van der Waals surface area contributed by atoms with Crippen LogP contribution in [0.5, 0.6) is 0 Å². The molecule has 3 aromatic heterocycles. The van der Waals surface area contributed by atoms with Crippen molar-refractivity contribution >= 4 is 27.5 Å². The van der Waals surface area contributed by atoms with E-state index in [-0.39, 0.29) is 18.9 Å². The summed E-state index contributed by atoms with van der Waals surface area (Å²) in [5.41, 5.74) is -0.465. The number of rotatable bonds is 4. The summed E-state index contributed by atoms with van der Waals surface area (Å²) in [4.78, 5) is 35.7. The van der Waals surface area contributed by atoms with Crippen LogP contribution in [-0.2, 0) is 17.3 Å². The lowest BCUT2D eigenvalue weighted by Crippen LogP contribution is -2.13. The fourth-order valence-electron chi connectivity index (χ4n) is 2.53. The van der Waals surface area contributed by atoms with Gasteiger partial charge in [0.2, 0.25) is 0 Å². The first-order chi connectivity index (χ1) is 12.7. The summed E-state index contributed by atoms with van der Waals surface area (Å²) in [7, 11) is 0. The van der Waals surface area contributed by atoms with E-state index in [2.05, 4.69) is 15.0 Å². The minimum Gasteiger partial charge on any atom is -0.462 e. The molecule has 3 aromatic rings. The second kappa shape index (κ2) is 7.10. The monoisotopic (exact) mass is 397 g/mol. The normalized spacial score (nSPS) is 11.7. The second-order valence-electron chi connectivity index (χ2n) is 5.68. The molecule has 0 spiro atoms. The van der Waals surface area contributed by atoms with Crippen molar-refractivity contribution in [2.45, 2.75) is 26.4 Å². The fraction of sp³-hybridized carbons (Fsp3) is 0.294. The smallest absolute Gasteiger partial charge is 0.417 e. The molecule has 0 aliphatic carbocycles. The number of pyridine rings is 1. The van der Waals surface area contributed by atoms with Gasteiger partial charge in [0, 0.05) is 18.3 Å². The highest BCUT2D eigenvalue weighted by Crippen LogP contribution is 2.29. The number of carbonyl (C=O) groups excluding carboxylic acids is 1. The molecule has 0 aromatic carbocycles. The van der Waals surface area contributed by atoms with Crippen LogP contribution in [0.4, 0.5) is 13.2 Å². The van der Waals surface area contributed by atoms with Crippen molar-refractivity contribution in [1.82, 2.24) is 15.0 Å². The molecule has 0 bridgehead atoms. The lowest BCUT2D eigenvalue weighted by Gasteiger charge is -2.06. The maximum Gasteiger partial charge on any atom is 0.417 e. The lowest BCUT2D eigenvalue weighted by molar-refractivity contribution is -0.137. The standard InChI is InChI=1S/C17H14F3N3O3S/c1-3-26-16(25)13-8(2)12-14(24)22-11(23-15(12)27-13)6-10-5-4-9(7-21-10)17(18,19)20/h4-5,7H,3,6H2,1-2H3,(H,22,23,24). The van der Waals surface area contributed by atoms with E-state index in [9.17, 15) is 22.8 Å². The van der Waals surface area contributed by atoms with Crippen LogP contribution in [0.3, 0.4) is 0 Å². The summed E-state index contributed by atoms with van der Waals surface area (Å²) in [6.07, 6.45) is -3.68. The number of carbonyl (C=O) groups is 1. The van der Waals surface area contributed by atoms with Gasteiger partial charge in [-0.1, -0.05) is 0 Å². The zero-order valence-electron chi connectivity index (χ0n) is 14.3. The summed E-state index contributed by atoms with van der Waals surface area (Å²) in [6, 6.07) is 2.16. The van der Waals surface area contributed by atoms with Crippen molar-refractivity contribution in [2.75, 3.05) is 6.61 Å². The maximum atomic E-state index is 12.6. The van der Waals surface area contributed by atoms with E-state index in [4.69, 9.17) is 4.74 Å². The van der Waals surface area contributed by atoms with Crippen LogP contribution in [0.1, 0.15) is 39.2 Å². The van der Waals surface area contributed by atoms with Gasteiger partial charge < -0.3 is 9.72 Å². The highest BCUT2D eigenvalue weighted by molar-refractivity contribution is 7.20. The number of aryl methyl sites for hydroxylation is 1. The Morgan fingerprint density at radius 3 is 2.67 bits per heavy atom. The summed E-state index contributed by atoms with van der Waals surface area (Å²) in [5.74, 6) is -0.278. The van der Waals surface area contributed by atoms with Gasteiger partial charge in [0.25, 0.3) is 5.56 Å². The van der Waals surface area contributed by atoms with Gasteiger partial charge in [-0.05, 0) is 31.5 Å². The van der Waals surface area contributed by atoms with Crippen LogP contribution >= 0.6 is 11.3 Å². The Bertz CT molecular complexity index is 1060. The van der Waals surface area contributed by atoms with Gasteiger partial charge in [0.1, 0.15) is 15.5 Å². The fourth-order valence-corrected chi connectivity index (χ4v) is 3.63. The Morgan fingerprint density at radius 1 is 1.33 bits per heavy atom. The van der Waals surface area contributed by atoms with Crippen LogP contribution in [0.15, 0.2) is 23.1 Å². The van der Waals surface area contributed by atoms with Crippen LogP contribution in [0.2, 0.25) is 0 Å². The van der Waals surface area contributed by atoms with Crippen molar-refractivity contribution in [2.24, 2.45) is 0 Å². The van der Waals surface area contributed by atoms with E-state index in [1.165, 1.54) is 6.07 Å². The molecule has 6 nitrogen and oxygen atoms in total. The van der Waals surface area contributed by atoms with Gasteiger partial charge in [-0.2, -0.15) is 13.2 Å². The van der Waals surface area contributed by atoms with Crippen molar-refractivity contribution < 1.29 is 22.7 Å². The first-order valence-corrected chi connectivity index (χ1v) is 8.74. The third-order valence-corrected chi connectivity index (χ3v) is 4.98. The average molecular weight is 397 g/mol. The van der Waals surface area contributed by atoms with Crippen LogP contribution in [-0.4, -0.2) is 27.5 Å². The van der Waals surface area contributed by atoms with Crippen molar-refractivity contribution in [3.8, 4) is 0 Å². The molecule has 0 saturated heterocycles. The minimum absolute atomic E-state index is 0.0506. The van der Waals surface area contributed by atoms with Crippen molar-refractivity contribution in [3.05, 3.63) is 56.2 Å². The molecule has 0 aliphatic rings. The Hall–Kier alpha value is -2.75. The van der Waals surface area contributed by atoms with Gasteiger partial charge >= 0.3 is 12.1 Å². The predicted octanol–water partition coefficient (Wildman–Crippen LogP) is 3.47. The highest BCUT2D eigenvalue weighted by Gasteiger charge is 2.30. The van der Waals surface area contributed by atoms with Gasteiger partial charge in [-0.3, -0.25) is 9.78 Å². The van der Waals surface area contributed by atoms with Gasteiger partial charge in [-0.25, -0.2) is 9.78 Å². The molecule has 10 heteroatoms. The second-order valence-corrected chi connectivity index (χ2v) is 6.68. The lowest BCUT2D eigenvalue weighted by atomic mass is 10.2. The van der Waals surface area contributed by atoms with Crippen LogP contribution in [0, 0.1) is 6.92 Å². The minimum atomic E-state index is -4.46. The number of nitrogens with zero attached hydrogens (tertiary/aromatic N) is 2. The van der Waals surface area contributed by atoms with E-state index in [1.54, 1.807) is 13.8 Å². The molecule has 0 fully saturated rings. The van der Waals surface area contributed by atoms with Gasteiger partial charge in [0.15, 0.2) is 0 Å². The number of halogens is 3. The van der Waals surface area contributed by atoms with E-state index in [1.807, 2.05) is 0 Å². The molecule has 0 atom stereocenters. The zero-order valence-corrected chi connectivity index (χ0v) is 15.1. The third kappa shape index (κ3) is 3.85. The largest absolute Gasteiger partial charge is 0.462 e. The number of esters is 1. The molecule has 3 rings (SSSR count). The van der Waals surface area contributed by atoms with Gasteiger partial charge in [0.05, 0.1) is 17.6 Å². The third-order valence-electron chi connectivity index (χ3n) is 3.81. The van der Waals surface area contributed by atoms with Crippen LogP contribution in [0.25, 0.3) is 10.2 Å². The van der Waals surface area contributed by atoms with Crippen molar-refractivity contribution in [3.63, 3.8) is 0 Å².